The Morgan fingerprint density at radius 2 is 1.20 bits per heavy atom. The van der Waals surface area contributed by atoms with Gasteiger partial charge in [-0.15, -0.1) is 0 Å². The molecule has 0 unspecified atom stereocenters. The Balaban J connectivity index is 1.73. The number of anilines is 2. The summed E-state index contributed by atoms with van der Waals surface area (Å²) in [6.07, 6.45) is 6.37. The first-order valence-corrected chi connectivity index (χ1v) is 10.3. The second kappa shape index (κ2) is 6.29. The molecule has 144 valence electrons. The fourth-order valence-electron chi connectivity index (χ4n) is 4.64. The molecule has 0 fully saturated rings. The Morgan fingerprint density at radius 3 is 1.83 bits per heavy atom. The maximum Gasteiger partial charge on any atom is 0.287 e. The number of para-hydroxylation sites is 2. The van der Waals surface area contributed by atoms with Crippen LogP contribution in [0, 0.1) is 0 Å². The molecule has 0 amide bonds. The van der Waals surface area contributed by atoms with E-state index in [1.54, 1.807) is 0 Å². The largest absolute Gasteiger partial charge is 0.398 e. The quantitative estimate of drug-likeness (QED) is 0.450. The monoisotopic (exact) mass is 390 g/mol. The highest BCUT2D eigenvalue weighted by Crippen LogP contribution is 2.32. The van der Waals surface area contributed by atoms with Gasteiger partial charge in [-0.3, -0.25) is 0 Å². The first-order chi connectivity index (χ1) is 14.7. The summed E-state index contributed by atoms with van der Waals surface area (Å²) < 4.78 is 4.54. The molecule has 0 saturated carbocycles. The van der Waals surface area contributed by atoms with E-state index in [0.29, 0.717) is 0 Å². The Labute approximate surface area is 174 Å². The summed E-state index contributed by atoms with van der Waals surface area (Å²) in [5, 5.41) is 2.12. The minimum absolute atomic E-state index is 0.790. The van der Waals surface area contributed by atoms with Crippen molar-refractivity contribution >= 4 is 33.2 Å². The van der Waals surface area contributed by atoms with Crippen LogP contribution < -0.4 is 20.6 Å². The van der Waals surface area contributed by atoms with Gasteiger partial charge in [-0.05, 0) is 30.5 Å². The highest BCUT2D eigenvalue weighted by molar-refractivity contribution is 5.89. The van der Waals surface area contributed by atoms with Gasteiger partial charge in [0.2, 0.25) is 11.0 Å². The Bertz CT molecular complexity index is 1470. The molecule has 0 spiro atoms. The molecule has 4 N–H and O–H groups in total. The molecule has 0 aliphatic heterocycles. The third kappa shape index (κ3) is 2.34. The minimum Gasteiger partial charge on any atom is -0.398 e. The van der Waals surface area contributed by atoms with Crippen molar-refractivity contribution in [1.82, 2.24) is 0 Å². The molecule has 5 aromatic rings. The zero-order valence-electron chi connectivity index (χ0n) is 16.5. The number of hydrogen-bond acceptors (Lipinski definition) is 2. The van der Waals surface area contributed by atoms with Crippen molar-refractivity contribution in [3.63, 3.8) is 0 Å². The fraction of sp³-hybridized carbons (Fsp3) is 0.0769. The number of nitrogen functional groups attached to an aromatic ring is 2. The van der Waals surface area contributed by atoms with Crippen LogP contribution in [0.4, 0.5) is 11.4 Å². The summed E-state index contributed by atoms with van der Waals surface area (Å²) in [6.45, 7) is 0. The van der Waals surface area contributed by atoms with Crippen LogP contribution >= 0.6 is 0 Å². The average molecular weight is 390 g/mol. The zero-order valence-corrected chi connectivity index (χ0v) is 16.5. The molecule has 4 nitrogen and oxygen atoms in total. The maximum atomic E-state index is 6.29. The fourth-order valence-corrected chi connectivity index (χ4v) is 4.64. The van der Waals surface area contributed by atoms with Gasteiger partial charge in [-0.2, -0.15) is 9.13 Å². The number of pyridine rings is 2. The van der Waals surface area contributed by atoms with Crippen molar-refractivity contribution in [1.29, 1.82) is 0 Å². The molecule has 6 rings (SSSR count). The van der Waals surface area contributed by atoms with Crippen LogP contribution in [-0.4, -0.2) is 0 Å². The Kier molecular flexibility index (Phi) is 3.56. The molecule has 2 aromatic heterocycles. The predicted octanol–water partition coefficient (Wildman–Crippen LogP) is 3.81. The number of rotatable bonds is 2. The summed E-state index contributed by atoms with van der Waals surface area (Å²) in [6, 6.07) is 25.1. The highest BCUT2D eigenvalue weighted by Gasteiger charge is 2.33. The van der Waals surface area contributed by atoms with Gasteiger partial charge in [0.25, 0.3) is 11.4 Å². The second-order valence-corrected chi connectivity index (χ2v) is 7.89. The normalized spacial score (nSPS) is 12.7. The van der Waals surface area contributed by atoms with Gasteiger partial charge in [-0.25, -0.2) is 0 Å². The lowest BCUT2D eigenvalue weighted by atomic mass is 9.86. The van der Waals surface area contributed by atoms with Gasteiger partial charge in [0.15, 0.2) is 12.4 Å². The van der Waals surface area contributed by atoms with E-state index in [2.05, 4.69) is 70.1 Å². The molecule has 3 aromatic carbocycles. The highest BCUT2D eigenvalue weighted by atomic mass is 15.0. The maximum absolute atomic E-state index is 6.29. The first kappa shape index (κ1) is 17.0. The van der Waals surface area contributed by atoms with E-state index in [9.17, 15) is 0 Å². The van der Waals surface area contributed by atoms with Crippen LogP contribution in [0.3, 0.4) is 0 Å². The summed E-state index contributed by atoms with van der Waals surface area (Å²) in [7, 11) is 0. The van der Waals surface area contributed by atoms with E-state index in [1.807, 2.05) is 24.3 Å². The van der Waals surface area contributed by atoms with Crippen LogP contribution in [0.1, 0.15) is 11.1 Å². The van der Waals surface area contributed by atoms with E-state index in [-0.39, 0.29) is 0 Å². The van der Waals surface area contributed by atoms with Gasteiger partial charge in [-0.1, -0.05) is 30.3 Å². The summed E-state index contributed by atoms with van der Waals surface area (Å²) in [4.78, 5) is 0. The standard InChI is InChI=1S/C26H20N4/c27-21-13-15-29(23-7-3-1-5-19(21)23)25-12-10-17-9-11-18(17)26(25)30-16-14-22(28)20-6-2-4-8-24(20)30/h1-8,10,12-16,27-28H,9,11H2/p+2. The van der Waals surface area contributed by atoms with Gasteiger partial charge >= 0.3 is 0 Å². The van der Waals surface area contributed by atoms with Gasteiger partial charge < -0.3 is 11.5 Å². The minimum atomic E-state index is 0.790. The number of nitrogens with two attached hydrogens (primary N) is 2. The summed E-state index contributed by atoms with van der Waals surface area (Å²) >= 11 is 0. The Morgan fingerprint density at radius 1 is 0.600 bits per heavy atom. The van der Waals surface area contributed by atoms with Crippen molar-refractivity contribution in [3.8, 4) is 11.4 Å². The van der Waals surface area contributed by atoms with Crippen molar-refractivity contribution in [2.45, 2.75) is 12.8 Å². The van der Waals surface area contributed by atoms with Crippen LogP contribution in [-0.2, 0) is 12.8 Å². The topological polar surface area (TPSA) is 59.8 Å². The van der Waals surface area contributed by atoms with Crippen molar-refractivity contribution < 1.29 is 9.13 Å². The third-order valence-corrected chi connectivity index (χ3v) is 6.26. The van der Waals surface area contributed by atoms with Gasteiger partial charge in [0.1, 0.15) is 0 Å². The lowest BCUT2D eigenvalue weighted by Crippen LogP contribution is -2.42. The van der Waals surface area contributed by atoms with E-state index in [4.69, 9.17) is 11.5 Å². The molecule has 0 saturated heterocycles. The smallest absolute Gasteiger partial charge is 0.287 e. The van der Waals surface area contributed by atoms with Crippen LogP contribution in [0.5, 0.6) is 0 Å². The lowest BCUT2D eigenvalue weighted by Gasteiger charge is -2.20. The van der Waals surface area contributed by atoms with E-state index < -0.39 is 0 Å². The zero-order chi connectivity index (χ0) is 20.2. The van der Waals surface area contributed by atoms with Gasteiger partial charge in [0, 0.05) is 35.9 Å². The average Bonchev–Trinajstić information content (AvgIpc) is 2.76. The molecule has 0 radical (unpaired) electrons. The molecule has 0 bridgehead atoms. The van der Waals surface area contributed by atoms with Crippen LogP contribution in [0.25, 0.3) is 33.2 Å². The number of nitrogens with zero attached hydrogens (tertiary/aromatic N) is 2. The molecule has 1 aliphatic carbocycles. The molecule has 0 atom stereocenters. The summed E-state index contributed by atoms with van der Waals surface area (Å²) in [5.41, 5.74) is 21.5. The number of aromatic nitrogens is 2. The SMILES string of the molecule is Nc1cc[n+](-c2ccc3c(c2-[n+]2ccc(N)c4ccccc42)CC3)c2ccccc12. The third-order valence-electron chi connectivity index (χ3n) is 6.26. The summed E-state index contributed by atoms with van der Waals surface area (Å²) in [5.74, 6) is 0. The molecule has 1 aliphatic rings. The number of aryl methyl sites for hydroxylation is 1. The van der Waals surface area contributed by atoms with Crippen LogP contribution in [0.2, 0.25) is 0 Å². The van der Waals surface area contributed by atoms with Crippen molar-refractivity contribution in [2.24, 2.45) is 0 Å². The number of benzene rings is 3. The van der Waals surface area contributed by atoms with E-state index >= 15 is 0 Å². The molecular weight excluding hydrogens is 368 g/mol. The number of fused-ring (bicyclic) bond motifs is 3. The number of hydrogen-bond donors (Lipinski definition) is 2. The lowest BCUT2D eigenvalue weighted by molar-refractivity contribution is -0.606. The Hall–Kier alpha value is -3.92. The van der Waals surface area contributed by atoms with Crippen molar-refractivity contribution in [2.75, 3.05) is 11.5 Å². The van der Waals surface area contributed by atoms with Crippen molar-refractivity contribution in [3.05, 3.63) is 96.3 Å². The van der Waals surface area contributed by atoms with Gasteiger partial charge in [0.05, 0.1) is 22.1 Å². The predicted molar refractivity (Wildman–Crippen MR) is 121 cm³/mol. The van der Waals surface area contributed by atoms with Crippen LogP contribution in [0.15, 0.2) is 85.2 Å². The second-order valence-electron chi connectivity index (χ2n) is 7.89. The first-order valence-electron chi connectivity index (χ1n) is 10.3. The van der Waals surface area contributed by atoms with E-state index in [0.717, 1.165) is 51.7 Å². The van der Waals surface area contributed by atoms with E-state index in [1.165, 1.54) is 16.8 Å². The molecular formula is C26H22N4+2. The molecule has 4 heteroatoms. The molecule has 2 heterocycles. The molecule has 30 heavy (non-hydrogen) atoms.